The Bertz CT molecular complexity index is 112. The van der Waals surface area contributed by atoms with Crippen molar-refractivity contribution < 1.29 is 19.7 Å². The molecule has 0 aromatic rings. The second kappa shape index (κ2) is 12.8. The highest BCUT2D eigenvalue weighted by Crippen LogP contribution is 1.82. The van der Waals surface area contributed by atoms with Gasteiger partial charge in [-0.15, -0.1) is 0 Å². The van der Waals surface area contributed by atoms with Crippen molar-refractivity contribution in [3.05, 3.63) is 12.7 Å². The van der Waals surface area contributed by atoms with Gasteiger partial charge in [0.05, 0.1) is 6.61 Å². The molecule has 4 nitrogen and oxygen atoms in total. The molecule has 0 aliphatic heterocycles. The van der Waals surface area contributed by atoms with Crippen LogP contribution in [0.15, 0.2) is 12.7 Å². The SMILES string of the molecule is C=CC(=O)OCCCO.CCO. The van der Waals surface area contributed by atoms with Gasteiger partial charge in [-0.25, -0.2) is 4.79 Å². The van der Waals surface area contributed by atoms with Crippen LogP contribution >= 0.6 is 0 Å². The van der Waals surface area contributed by atoms with Crippen LogP contribution in [0, 0.1) is 0 Å². The first-order valence-corrected chi connectivity index (χ1v) is 3.73. The van der Waals surface area contributed by atoms with Crippen molar-refractivity contribution in [2.75, 3.05) is 19.8 Å². The van der Waals surface area contributed by atoms with E-state index in [0.717, 1.165) is 6.08 Å². The van der Waals surface area contributed by atoms with Crippen molar-refractivity contribution >= 4 is 5.97 Å². The predicted octanol–water partition coefficient (Wildman–Crippen LogP) is 0.0966. The molecule has 0 aromatic heterocycles. The highest BCUT2D eigenvalue weighted by molar-refractivity contribution is 5.81. The highest BCUT2D eigenvalue weighted by Gasteiger charge is 1.91. The van der Waals surface area contributed by atoms with Crippen LogP contribution in [0.25, 0.3) is 0 Å². The second-order valence-electron chi connectivity index (χ2n) is 1.77. The van der Waals surface area contributed by atoms with E-state index in [4.69, 9.17) is 10.2 Å². The number of hydrogen-bond acceptors (Lipinski definition) is 4. The third-order valence-corrected chi connectivity index (χ3v) is 0.713. The van der Waals surface area contributed by atoms with Crippen molar-refractivity contribution in [1.82, 2.24) is 0 Å². The average molecular weight is 176 g/mol. The minimum Gasteiger partial charge on any atom is -0.462 e. The summed E-state index contributed by atoms with van der Waals surface area (Å²) in [5, 5.41) is 15.8. The monoisotopic (exact) mass is 176 g/mol. The third-order valence-electron chi connectivity index (χ3n) is 0.713. The maximum absolute atomic E-state index is 10.3. The number of carbonyl (C=O) groups is 1. The van der Waals surface area contributed by atoms with E-state index in [1.54, 1.807) is 6.92 Å². The van der Waals surface area contributed by atoms with Crippen molar-refractivity contribution in [1.29, 1.82) is 0 Å². The predicted molar refractivity (Wildman–Crippen MR) is 45.6 cm³/mol. The first-order valence-electron chi connectivity index (χ1n) is 3.73. The lowest BCUT2D eigenvalue weighted by Crippen LogP contribution is -2.02. The summed E-state index contributed by atoms with van der Waals surface area (Å²) < 4.78 is 4.51. The number of carbonyl (C=O) groups excluding carboxylic acids is 1. The molecule has 0 bridgehead atoms. The smallest absolute Gasteiger partial charge is 0.330 e. The normalized spacial score (nSPS) is 7.92. The average Bonchev–Trinajstić information content (AvgIpc) is 2.06. The summed E-state index contributed by atoms with van der Waals surface area (Å²) in [5.74, 6) is -0.441. The summed E-state index contributed by atoms with van der Waals surface area (Å²) in [7, 11) is 0. The largest absolute Gasteiger partial charge is 0.462 e. The molecule has 0 saturated heterocycles. The van der Waals surface area contributed by atoms with Crippen LogP contribution in [0.1, 0.15) is 13.3 Å². The van der Waals surface area contributed by atoms with Crippen LogP contribution in [0.4, 0.5) is 0 Å². The molecule has 0 radical (unpaired) electrons. The number of ether oxygens (including phenoxy) is 1. The van der Waals surface area contributed by atoms with E-state index in [-0.39, 0.29) is 19.8 Å². The first-order chi connectivity index (χ1) is 5.72. The fourth-order valence-electron chi connectivity index (χ4n) is 0.296. The zero-order chi connectivity index (χ0) is 9.82. The van der Waals surface area contributed by atoms with Gasteiger partial charge in [0, 0.05) is 25.7 Å². The first kappa shape index (κ1) is 13.7. The lowest BCUT2D eigenvalue weighted by Gasteiger charge is -1.96. The van der Waals surface area contributed by atoms with Crippen molar-refractivity contribution in [3.8, 4) is 0 Å². The molecule has 0 atom stereocenters. The molecular formula is C8H16O4. The number of rotatable bonds is 4. The van der Waals surface area contributed by atoms with Crippen LogP contribution in [0.2, 0.25) is 0 Å². The van der Waals surface area contributed by atoms with E-state index in [1.807, 2.05) is 0 Å². The van der Waals surface area contributed by atoms with Crippen LogP contribution in [-0.2, 0) is 9.53 Å². The fraction of sp³-hybridized carbons (Fsp3) is 0.625. The molecule has 72 valence electrons. The van der Waals surface area contributed by atoms with Gasteiger partial charge in [0.2, 0.25) is 0 Å². The van der Waals surface area contributed by atoms with E-state index in [0.29, 0.717) is 6.42 Å². The molecule has 0 aliphatic carbocycles. The van der Waals surface area contributed by atoms with Gasteiger partial charge < -0.3 is 14.9 Å². The molecule has 0 rings (SSSR count). The minimum atomic E-state index is -0.441. The van der Waals surface area contributed by atoms with E-state index in [2.05, 4.69) is 11.3 Å². The Hall–Kier alpha value is -0.870. The van der Waals surface area contributed by atoms with Gasteiger partial charge in [0.15, 0.2) is 0 Å². The maximum Gasteiger partial charge on any atom is 0.330 e. The van der Waals surface area contributed by atoms with Crippen molar-refractivity contribution in [2.24, 2.45) is 0 Å². The van der Waals surface area contributed by atoms with Gasteiger partial charge in [-0.3, -0.25) is 0 Å². The fourth-order valence-corrected chi connectivity index (χ4v) is 0.296. The number of aliphatic hydroxyl groups excluding tert-OH is 2. The summed E-state index contributed by atoms with van der Waals surface area (Å²) in [6.45, 7) is 5.44. The van der Waals surface area contributed by atoms with Gasteiger partial charge in [0.1, 0.15) is 0 Å². The number of aliphatic hydroxyl groups is 2. The molecule has 0 aliphatic rings. The zero-order valence-electron chi connectivity index (χ0n) is 7.32. The minimum absolute atomic E-state index is 0.0461. The Morgan fingerprint density at radius 3 is 2.42 bits per heavy atom. The molecule has 2 N–H and O–H groups in total. The van der Waals surface area contributed by atoms with Gasteiger partial charge >= 0.3 is 5.97 Å². The van der Waals surface area contributed by atoms with Crippen LogP contribution in [0.3, 0.4) is 0 Å². The Balaban J connectivity index is 0. The highest BCUT2D eigenvalue weighted by atomic mass is 16.5. The molecule has 0 spiro atoms. The topological polar surface area (TPSA) is 66.8 Å². The molecule has 4 heteroatoms. The van der Waals surface area contributed by atoms with Crippen LogP contribution in [0.5, 0.6) is 0 Å². The third kappa shape index (κ3) is 16.1. The van der Waals surface area contributed by atoms with E-state index < -0.39 is 5.97 Å². The Kier molecular flexibility index (Phi) is 14.6. The number of esters is 1. The Morgan fingerprint density at radius 1 is 1.58 bits per heavy atom. The van der Waals surface area contributed by atoms with E-state index >= 15 is 0 Å². The molecule has 0 saturated carbocycles. The second-order valence-corrected chi connectivity index (χ2v) is 1.77. The standard InChI is InChI=1S/C6H10O3.C2H6O/c1-2-6(8)9-5-3-4-7;1-2-3/h2,7H,1,3-5H2;3H,2H2,1H3. The van der Waals surface area contributed by atoms with Gasteiger partial charge in [-0.2, -0.15) is 0 Å². The zero-order valence-corrected chi connectivity index (χ0v) is 7.32. The lowest BCUT2D eigenvalue weighted by atomic mass is 10.5. The Labute approximate surface area is 72.5 Å². The summed E-state index contributed by atoms with van der Waals surface area (Å²) in [6.07, 6.45) is 1.58. The van der Waals surface area contributed by atoms with Gasteiger partial charge in [0.25, 0.3) is 0 Å². The molecule has 0 fully saturated rings. The molecule has 0 unspecified atom stereocenters. The molecule has 12 heavy (non-hydrogen) atoms. The molecule has 0 aromatic carbocycles. The molecule has 0 amide bonds. The Morgan fingerprint density at radius 2 is 2.08 bits per heavy atom. The van der Waals surface area contributed by atoms with Crippen molar-refractivity contribution in [3.63, 3.8) is 0 Å². The van der Waals surface area contributed by atoms with E-state index in [1.165, 1.54) is 0 Å². The maximum atomic E-state index is 10.3. The van der Waals surface area contributed by atoms with Gasteiger partial charge in [-0.05, 0) is 6.92 Å². The van der Waals surface area contributed by atoms with Crippen LogP contribution in [-0.4, -0.2) is 36.0 Å². The summed E-state index contributed by atoms with van der Waals surface area (Å²) >= 11 is 0. The lowest BCUT2D eigenvalue weighted by molar-refractivity contribution is -0.137. The molecular weight excluding hydrogens is 160 g/mol. The van der Waals surface area contributed by atoms with Crippen molar-refractivity contribution in [2.45, 2.75) is 13.3 Å². The summed E-state index contributed by atoms with van der Waals surface area (Å²) in [6, 6.07) is 0. The van der Waals surface area contributed by atoms with Crippen LogP contribution < -0.4 is 0 Å². The summed E-state index contributed by atoms with van der Waals surface area (Å²) in [5.41, 5.74) is 0. The summed E-state index contributed by atoms with van der Waals surface area (Å²) in [4.78, 5) is 10.3. The quantitative estimate of drug-likeness (QED) is 0.362. The number of hydrogen-bond donors (Lipinski definition) is 2. The van der Waals surface area contributed by atoms with Gasteiger partial charge in [-0.1, -0.05) is 6.58 Å². The van der Waals surface area contributed by atoms with E-state index in [9.17, 15) is 4.79 Å². The molecule has 0 heterocycles.